The molecule has 0 spiro atoms. The minimum atomic E-state index is 0.241. The number of nitrogen functional groups attached to an aromatic ring is 1. The Morgan fingerprint density at radius 1 is 1.36 bits per heavy atom. The maximum atomic E-state index is 5.25. The molecule has 0 radical (unpaired) electrons. The second-order valence-electron chi connectivity index (χ2n) is 1.91. The second kappa shape index (κ2) is 3.72. The Morgan fingerprint density at radius 2 is 2.00 bits per heavy atom. The predicted octanol–water partition coefficient (Wildman–Crippen LogP) is -0.604. The molecule has 1 aromatic rings. The van der Waals surface area contributed by atoms with Crippen molar-refractivity contribution >= 4 is 5.95 Å². The van der Waals surface area contributed by atoms with Crippen molar-refractivity contribution < 1.29 is 4.74 Å². The highest BCUT2D eigenvalue weighted by molar-refractivity contribution is 5.20. The number of nitrogens with two attached hydrogens (primary N) is 2. The van der Waals surface area contributed by atoms with E-state index in [4.69, 9.17) is 16.2 Å². The Hall–Kier alpha value is -1.36. The number of hydrogen-bond acceptors (Lipinski definition) is 5. The van der Waals surface area contributed by atoms with Crippen LogP contribution in [0.2, 0.25) is 0 Å². The van der Waals surface area contributed by atoms with Gasteiger partial charge in [0.15, 0.2) is 5.75 Å². The number of hydrogen-bond donors (Lipinski definition) is 2. The normalized spacial score (nSPS) is 9.55. The Morgan fingerprint density at radius 3 is 2.55 bits per heavy atom. The molecule has 0 atom stereocenters. The molecule has 0 aliphatic rings. The summed E-state index contributed by atoms with van der Waals surface area (Å²) in [7, 11) is 0. The molecule has 0 bridgehead atoms. The fourth-order valence-electron chi connectivity index (χ4n) is 0.577. The van der Waals surface area contributed by atoms with Crippen LogP contribution in [0.15, 0.2) is 12.4 Å². The summed E-state index contributed by atoms with van der Waals surface area (Å²) < 4.78 is 5.10. The van der Waals surface area contributed by atoms with Crippen molar-refractivity contribution in [2.45, 2.75) is 0 Å². The van der Waals surface area contributed by atoms with Gasteiger partial charge in [-0.15, -0.1) is 0 Å². The van der Waals surface area contributed by atoms with Crippen molar-refractivity contribution in [1.29, 1.82) is 0 Å². The average molecular weight is 154 g/mol. The first-order valence-electron chi connectivity index (χ1n) is 3.23. The molecule has 11 heavy (non-hydrogen) atoms. The molecule has 60 valence electrons. The van der Waals surface area contributed by atoms with Gasteiger partial charge >= 0.3 is 0 Å². The second-order valence-corrected chi connectivity index (χ2v) is 1.91. The van der Waals surface area contributed by atoms with Gasteiger partial charge in [0, 0.05) is 6.54 Å². The molecule has 0 saturated carbocycles. The van der Waals surface area contributed by atoms with Crippen molar-refractivity contribution in [2.24, 2.45) is 5.73 Å². The van der Waals surface area contributed by atoms with E-state index in [9.17, 15) is 0 Å². The zero-order valence-electron chi connectivity index (χ0n) is 6.03. The average Bonchev–Trinajstić information content (AvgIpc) is 2.04. The minimum Gasteiger partial charge on any atom is -0.489 e. The SMILES string of the molecule is NCCOc1cnc(N)nc1. The van der Waals surface area contributed by atoms with Crippen LogP contribution in [0.5, 0.6) is 5.75 Å². The Bertz CT molecular complexity index is 210. The summed E-state index contributed by atoms with van der Waals surface area (Å²) in [5, 5.41) is 0. The molecule has 0 aliphatic heterocycles. The van der Waals surface area contributed by atoms with Gasteiger partial charge < -0.3 is 16.2 Å². The lowest BCUT2D eigenvalue weighted by Crippen LogP contribution is -2.10. The highest BCUT2D eigenvalue weighted by Crippen LogP contribution is 2.05. The van der Waals surface area contributed by atoms with Gasteiger partial charge in [0.05, 0.1) is 12.4 Å². The molecule has 0 unspecified atom stereocenters. The third kappa shape index (κ3) is 2.38. The van der Waals surface area contributed by atoms with Crippen molar-refractivity contribution in [1.82, 2.24) is 9.97 Å². The molecular formula is C6H10N4O. The van der Waals surface area contributed by atoms with Crippen LogP contribution >= 0.6 is 0 Å². The van der Waals surface area contributed by atoms with E-state index in [2.05, 4.69) is 9.97 Å². The maximum absolute atomic E-state index is 5.25. The van der Waals surface area contributed by atoms with E-state index in [1.165, 1.54) is 12.4 Å². The van der Waals surface area contributed by atoms with Crippen LogP contribution in [0, 0.1) is 0 Å². The van der Waals surface area contributed by atoms with Gasteiger partial charge in [-0.2, -0.15) is 0 Å². The topological polar surface area (TPSA) is 87.0 Å². The first kappa shape index (κ1) is 7.74. The van der Waals surface area contributed by atoms with Crippen LogP contribution in [-0.4, -0.2) is 23.1 Å². The molecule has 4 N–H and O–H groups in total. The smallest absolute Gasteiger partial charge is 0.220 e. The van der Waals surface area contributed by atoms with Crippen LogP contribution < -0.4 is 16.2 Å². The summed E-state index contributed by atoms with van der Waals surface area (Å²) >= 11 is 0. The molecule has 1 heterocycles. The minimum absolute atomic E-state index is 0.241. The molecule has 0 aliphatic carbocycles. The zero-order valence-corrected chi connectivity index (χ0v) is 6.03. The molecule has 0 aromatic carbocycles. The van der Waals surface area contributed by atoms with Crippen molar-refractivity contribution in [3.63, 3.8) is 0 Å². The largest absolute Gasteiger partial charge is 0.489 e. The molecule has 0 saturated heterocycles. The fraction of sp³-hybridized carbons (Fsp3) is 0.333. The lowest BCUT2D eigenvalue weighted by molar-refractivity contribution is 0.325. The van der Waals surface area contributed by atoms with Gasteiger partial charge in [0.25, 0.3) is 0 Å². The summed E-state index contributed by atoms with van der Waals surface area (Å²) in [5.41, 5.74) is 10.5. The van der Waals surface area contributed by atoms with Crippen molar-refractivity contribution in [2.75, 3.05) is 18.9 Å². The van der Waals surface area contributed by atoms with E-state index >= 15 is 0 Å². The molecular weight excluding hydrogens is 144 g/mol. The number of rotatable bonds is 3. The summed E-state index contributed by atoms with van der Waals surface area (Å²) in [6, 6.07) is 0. The van der Waals surface area contributed by atoms with Gasteiger partial charge in [-0.05, 0) is 0 Å². The van der Waals surface area contributed by atoms with Gasteiger partial charge in [-0.25, -0.2) is 9.97 Å². The molecule has 1 rings (SSSR count). The lowest BCUT2D eigenvalue weighted by atomic mass is 10.6. The van der Waals surface area contributed by atoms with Gasteiger partial charge in [-0.3, -0.25) is 0 Å². The van der Waals surface area contributed by atoms with E-state index in [-0.39, 0.29) is 5.95 Å². The van der Waals surface area contributed by atoms with Crippen LogP contribution in [0.25, 0.3) is 0 Å². The van der Waals surface area contributed by atoms with Crippen LogP contribution in [0.3, 0.4) is 0 Å². The number of ether oxygens (including phenoxy) is 1. The Labute approximate surface area is 64.4 Å². The monoisotopic (exact) mass is 154 g/mol. The molecule has 1 aromatic heterocycles. The first-order chi connectivity index (χ1) is 5.33. The lowest BCUT2D eigenvalue weighted by Gasteiger charge is -2.01. The molecule has 0 fully saturated rings. The summed E-state index contributed by atoms with van der Waals surface area (Å²) in [4.78, 5) is 7.47. The van der Waals surface area contributed by atoms with Crippen molar-refractivity contribution in [3.05, 3.63) is 12.4 Å². The fourth-order valence-corrected chi connectivity index (χ4v) is 0.577. The third-order valence-electron chi connectivity index (χ3n) is 1.03. The van der Waals surface area contributed by atoms with E-state index in [1.807, 2.05) is 0 Å². The van der Waals surface area contributed by atoms with E-state index in [0.717, 1.165) is 0 Å². The summed E-state index contributed by atoms with van der Waals surface area (Å²) in [6.45, 7) is 0.942. The molecule has 0 amide bonds. The Kier molecular flexibility index (Phi) is 2.62. The van der Waals surface area contributed by atoms with Crippen LogP contribution in [0.4, 0.5) is 5.95 Å². The highest BCUT2D eigenvalue weighted by atomic mass is 16.5. The number of aromatic nitrogens is 2. The van der Waals surface area contributed by atoms with Crippen LogP contribution in [-0.2, 0) is 0 Å². The first-order valence-corrected chi connectivity index (χ1v) is 3.23. The standard InChI is InChI=1S/C6H10N4O/c7-1-2-11-5-3-9-6(8)10-4-5/h3-4H,1-2,7H2,(H2,8,9,10). The quantitative estimate of drug-likeness (QED) is 0.606. The number of anilines is 1. The van der Waals surface area contributed by atoms with E-state index in [0.29, 0.717) is 18.9 Å². The maximum Gasteiger partial charge on any atom is 0.220 e. The molecule has 5 nitrogen and oxygen atoms in total. The summed E-state index contributed by atoms with van der Waals surface area (Å²) in [6.07, 6.45) is 3.02. The van der Waals surface area contributed by atoms with Crippen LogP contribution in [0.1, 0.15) is 0 Å². The van der Waals surface area contributed by atoms with Gasteiger partial charge in [-0.1, -0.05) is 0 Å². The van der Waals surface area contributed by atoms with E-state index in [1.54, 1.807) is 0 Å². The highest BCUT2D eigenvalue weighted by Gasteiger charge is 1.92. The third-order valence-corrected chi connectivity index (χ3v) is 1.03. The van der Waals surface area contributed by atoms with Gasteiger partial charge in [0.2, 0.25) is 5.95 Å². The zero-order chi connectivity index (χ0) is 8.10. The Balaban J connectivity index is 2.52. The number of nitrogens with zero attached hydrogens (tertiary/aromatic N) is 2. The van der Waals surface area contributed by atoms with Crippen molar-refractivity contribution in [3.8, 4) is 5.75 Å². The van der Waals surface area contributed by atoms with Gasteiger partial charge in [0.1, 0.15) is 6.61 Å². The molecule has 5 heteroatoms. The predicted molar refractivity (Wildman–Crippen MR) is 41.0 cm³/mol. The summed E-state index contributed by atoms with van der Waals surface area (Å²) in [5.74, 6) is 0.828. The van der Waals surface area contributed by atoms with E-state index < -0.39 is 0 Å².